The molecule has 3 aromatic carbocycles. The van der Waals surface area contributed by atoms with E-state index in [0.717, 1.165) is 0 Å². The monoisotopic (exact) mass is 568 g/mol. The van der Waals surface area contributed by atoms with E-state index in [0.29, 0.717) is 5.69 Å². The second-order valence-corrected chi connectivity index (χ2v) is 9.58. The van der Waals surface area contributed by atoms with Crippen LogP contribution in [0, 0.1) is 0 Å². The summed E-state index contributed by atoms with van der Waals surface area (Å²) >= 11 is 4.55. The average molecular weight is 569 g/mol. The third-order valence-corrected chi connectivity index (χ3v) is 6.79. The van der Waals surface area contributed by atoms with E-state index in [9.17, 15) is 23.2 Å². The van der Waals surface area contributed by atoms with Crippen molar-refractivity contribution in [3.63, 3.8) is 0 Å². The van der Waals surface area contributed by atoms with Gasteiger partial charge in [0, 0.05) is 0 Å². The lowest BCUT2D eigenvalue weighted by Gasteiger charge is -2.10. The molecule has 0 radical (unpaired) electrons. The van der Waals surface area contributed by atoms with Crippen LogP contribution in [0.25, 0.3) is 0 Å². The molecule has 1 heterocycles. The molecule has 198 valence electrons. The number of aromatic nitrogens is 2. The summed E-state index contributed by atoms with van der Waals surface area (Å²) in [6.07, 6.45) is -0.367. The van der Waals surface area contributed by atoms with Crippen LogP contribution < -0.4 is 19.1 Å². The fourth-order valence-corrected chi connectivity index (χ4v) is 4.59. The number of hydrogen-bond donors (Lipinski definition) is 1. The number of rotatable bonds is 10. The van der Waals surface area contributed by atoms with Gasteiger partial charge in [-0.15, -0.1) is 0 Å². The summed E-state index contributed by atoms with van der Waals surface area (Å²) in [5.74, 6) is -1.96. The molecule has 0 amide bonds. The van der Waals surface area contributed by atoms with Gasteiger partial charge in [-0.2, -0.15) is 4.99 Å². The van der Waals surface area contributed by atoms with E-state index in [1.54, 1.807) is 30.3 Å². The molecule has 0 spiro atoms. The second-order valence-electron chi connectivity index (χ2n) is 7.53. The highest BCUT2D eigenvalue weighted by Crippen LogP contribution is 2.26. The van der Waals surface area contributed by atoms with Crippen molar-refractivity contribution in [2.45, 2.75) is 16.3 Å². The molecule has 4 aromatic rings. The standard InChI is InChI=1S/C25H18N3O9S2/c29-22(14-15-34-23-24(28(31)37-27-23)39(32,33)19-6-2-1-3-7-19)36-21-9-5-4-8-20(21)25(30)35-18-12-10-17(11-13-18)26-16-38/h1-13,31H,14-15H2/q+1. The highest BCUT2D eigenvalue weighted by atomic mass is 32.2. The predicted octanol–water partition coefficient (Wildman–Crippen LogP) is 3.36. The Bertz CT molecular complexity index is 1650. The van der Waals surface area contributed by atoms with Gasteiger partial charge in [-0.05, 0) is 65.4 Å². The van der Waals surface area contributed by atoms with E-state index in [1.807, 2.05) is 0 Å². The molecule has 1 N–H and O–H groups in total. The van der Waals surface area contributed by atoms with Crippen molar-refractivity contribution >= 4 is 44.8 Å². The molecule has 39 heavy (non-hydrogen) atoms. The first-order valence-corrected chi connectivity index (χ1v) is 12.9. The summed E-state index contributed by atoms with van der Waals surface area (Å²) in [6.45, 7) is -0.383. The Morgan fingerprint density at radius 2 is 1.69 bits per heavy atom. The zero-order valence-corrected chi connectivity index (χ0v) is 21.4. The number of hydrogen-bond acceptors (Lipinski definition) is 12. The number of sulfone groups is 1. The van der Waals surface area contributed by atoms with Crippen LogP contribution in [-0.2, 0) is 14.6 Å². The number of isothiocyanates is 1. The summed E-state index contributed by atoms with van der Waals surface area (Å²) in [5, 5.41) is 14.7. The van der Waals surface area contributed by atoms with Crippen molar-refractivity contribution in [3.05, 3.63) is 84.4 Å². The van der Waals surface area contributed by atoms with Crippen LogP contribution in [0.2, 0.25) is 0 Å². The Kier molecular flexibility index (Phi) is 8.41. The maximum atomic E-state index is 12.8. The van der Waals surface area contributed by atoms with Crippen LogP contribution in [0.1, 0.15) is 16.8 Å². The molecule has 0 unspecified atom stereocenters. The molecule has 0 fully saturated rings. The summed E-state index contributed by atoms with van der Waals surface area (Å²) < 4.78 is 46.1. The van der Waals surface area contributed by atoms with Crippen molar-refractivity contribution in [1.82, 2.24) is 5.16 Å². The Morgan fingerprint density at radius 3 is 2.41 bits per heavy atom. The average Bonchev–Trinajstić information content (AvgIpc) is 3.31. The largest absolute Gasteiger partial charge is 0.452 e. The third-order valence-electron chi connectivity index (χ3n) is 4.96. The summed E-state index contributed by atoms with van der Waals surface area (Å²) in [4.78, 5) is 28.8. The van der Waals surface area contributed by atoms with Gasteiger partial charge >= 0.3 is 22.8 Å². The van der Waals surface area contributed by atoms with Gasteiger partial charge in [-0.3, -0.25) is 4.79 Å². The molecule has 12 nitrogen and oxygen atoms in total. The number of nitrogens with zero attached hydrogens (tertiary/aromatic N) is 3. The van der Waals surface area contributed by atoms with Gasteiger partial charge in [-0.25, -0.2) is 13.2 Å². The van der Waals surface area contributed by atoms with Crippen LogP contribution in [0.5, 0.6) is 17.4 Å². The van der Waals surface area contributed by atoms with Crippen molar-refractivity contribution in [2.75, 3.05) is 6.61 Å². The first kappa shape index (κ1) is 27.1. The minimum absolute atomic E-state index is 0.0122. The fourth-order valence-electron chi connectivity index (χ4n) is 3.18. The minimum Gasteiger partial charge on any atom is -0.452 e. The molecule has 1 aromatic heterocycles. The van der Waals surface area contributed by atoms with Crippen molar-refractivity contribution in [1.29, 1.82) is 0 Å². The van der Waals surface area contributed by atoms with Crippen LogP contribution in [-0.4, -0.2) is 42.5 Å². The molecule has 0 aliphatic heterocycles. The van der Waals surface area contributed by atoms with E-state index in [2.05, 4.69) is 32.2 Å². The maximum absolute atomic E-state index is 12.8. The topological polar surface area (TPSA) is 158 Å². The van der Waals surface area contributed by atoms with E-state index >= 15 is 0 Å². The van der Waals surface area contributed by atoms with Crippen LogP contribution in [0.15, 0.2) is 98.4 Å². The zero-order chi connectivity index (χ0) is 27.8. The Morgan fingerprint density at radius 1 is 1.00 bits per heavy atom. The van der Waals surface area contributed by atoms with Gasteiger partial charge in [0.15, 0.2) is 4.90 Å². The van der Waals surface area contributed by atoms with E-state index in [-0.39, 0.29) is 39.9 Å². The SMILES string of the molecule is O=C(CCOc1no[n+](O)c1S(=O)(=O)c1ccccc1)Oc1ccccc1C(=O)Oc1ccc(N=C=S)cc1. The van der Waals surface area contributed by atoms with Gasteiger partial charge < -0.3 is 19.4 Å². The normalized spacial score (nSPS) is 10.8. The number of carbonyl (C=O) groups is 2. The molecular weight excluding hydrogens is 550 g/mol. The smallest absolute Gasteiger partial charge is 0.445 e. The van der Waals surface area contributed by atoms with E-state index in [4.69, 9.17) is 14.2 Å². The van der Waals surface area contributed by atoms with Gasteiger partial charge in [0.2, 0.25) is 5.16 Å². The quantitative estimate of drug-likeness (QED) is 0.0983. The molecule has 0 saturated heterocycles. The van der Waals surface area contributed by atoms with Gasteiger partial charge in [-0.1, -0.05) is 30.3 Å². The zero-order valence-electron chi connectivity index (χ0n) is 19.8. The first-order chi connectivity index (χ1) is 18.8. The van der Waals surface area contributed by atoms with Gasteiger partial charge in [0.25, 0.3) is 9.84 Å². The second kappa shape index (κ2) is 12.1. The molecule has 0 aliphatic carbocycles. The predicted molar refractivity (Wildman–Crippen MR) is 134 cm³/mol. The summed E-state index contributed by atoms with van der Waals surface area (Å²) in [5.41, 5.74) is 0.521. The highest BCUT2D eigenvalue weighted by Gasteiger charge is 2.40. The van der Waals surface area contributed by atoms with E-state index in [1.165, 1.54) is 48.5 Å². The molecule has 0 aliphatic rings. The molecule has 14 heteroatoms. The maximum Gasteiger partial charge on any atom is 0.445 e. The number of carbonyl (C=O) groups excluding carboxylic acids is 2. The third kappa shape index (κ3) is 6.51. The molecule has 0 bridgehead atoms. The Labute approximate surface area is 226 Å². The molecule has 0 atom stereocenters. The summed E-state index contributed by atoms with van der Waals surface area (Å²) in [7, 11) is -4.25. The molecular formula is C25H18N3O9S2+. The van der Waals surface area contributed by atoms with Crippen molar-refractivity contribution < 1.29 is 47.0 Å². The van der Waals surface area contributed by atoms with Crippen LogP contribution in [0.3, 0.4) is 0 Å². The van der Waals surface area contributed by atoms with Crippen molar-refractivity contribution in [3.8, 4) is 17.4 Å². The fraction of sp³-hybridized carbons (Fsp3) is 0.0800. The molecule has 4 rings (SSSR count). The lowest BCUT2D eigenvalue weighted by molar-refractivity contribution is -1.06. The number of benzene rings is 3. The van der Waals surface area contributed by atoms with Crippen molar-refractivity contribution in [2.24, 2.45) is 4.99 Å². The van der Waals surface area contributed by atoms with Gasteiger partial charge in [0.1, 0.15) is 23.7 Å². The number of esters is 2. The number of thiocarbonyl (C=S) groups is 1. The van der Waals surface area contributed by atoms with Gasteiger partial charge in [0.05, 0.1) is 22.2 Å². The van der Waals surface area contributed by atoms with E-state index < -0.39 is 32.7 Å². The number of ether oxygens (including phenoxy) is 3. The Hall–Kier alpha value is -4.91. The first-order valence-electron chi connectivity index (χ1n) is 11.0. The van der Waals surface area contributed by atoms with Crippen LogP contribution >= 0.6 is 12.2 Å². The summed E-state index contributed by atoms with van der Waals surface area (Å²) in [6, 6.07) is 19.4. The minimum atomic E-state index is -4.25. The molecule has 0 saturated carbocycles. The lowest BCUT2D eigenvalue weighted by Crippen LogP contribution is -2.34. The van der Waals surface area contributed by atoms with Crippen LogP contribution in [0.4, 0.5) is 5.69 Å². The number of aliphatic imine (C=N–C) groups is 1. The number of para-hydroxylation sites is 1. The highest BCUT2D eigenvalue weighted by molar-refractivity contribution is 7.91. The lowest BCUT2D eigenvalue weighted by atomic mass is 10.2. The Balaban J connectivity index is 1.39.